The third-order valence-electron chi connectivity index (χ3n) is 2.30. The molecule has 0 bridgehead atoms. The van der Waals surface area contributed by atoms with Crippen LogP contribution in [0.15, 0.2) is 28.3 Å². The fourth-order valence-corrected chi connectivity index (χ4v) is 2.14. The molecule has 8 heteroatoms. The van der Waals surface area contributed by atoms with Crippen molar-refractivity contribution in [1.29, 1.82) is 0 Å². The molecule has 0 aliphatic rings. The van der Waals surface area contributed by atoms with Crippen molar-refractivity contribution >= 4 is 23.4 Å². The van der Waals surface area contributed by atoms with Gasteiger partial charge in [-0.3, -0.25) is 0 Å². The van der Waals surface area contributed by atoms with E-state index in [9.17, 15) is 4.79 Å². The second kappa shape index (κ2) is 5.70. The van der Waals surface area contributed by atoms with Crippen LogP contribution in [0.1, 0.15) is 17.3 Å². The molecule has 2 aromatic rings. The number of benzene rings is 1. The van der Waals surface area contributed by atoms with Gasteiger partial charge in [-0.15, -0.1) is 5.10 Å². The molecule has 0 fully saturated rings. The van der Waals surface area contributed by atoms with Crippen LogP contribution < -0.4 is 5.73 Å². The van der Waals surface area contributed by atoms with Crippen molar-refractivity contribution < 1.29 is 9.53 Å². The smallest absolute Gasteiger partial charge is 0.338 e. The van der Waals surface area contributed by atoms with Crippen LogP contribution in [0.4, 0.5) is 5.69 Å². The van der Waals surface area contributed by atoms with Gasteiger partial charge in [-0.2, -0.15) is 0 Å². The van der Waals surface area contributed by atoms with Gasteiger partial charge in [-0.05, 0) is 47.3 Å². The Kier molecular flexibility index (Phi) is 4.00. The summed E-state index contributed by atoms with van der Waals surface area (Å²) >= 11 is 1.33. The predicted molar refractivity (Wildman–Crippen MR) is 69.7 cm³/mol. The molecule has 1 aromatic heterocycles. The van der Waals surface area contributed by atoms with E-state index >= 15 is 0 Å². The van der Waals surface area contributed by atoms with E-state index in [0.717, 1.165) is 4.90 Å². The molecule has 2 rings (SSSR count). The van der Waals surface area contributed by atoms with Gasteiger partial charge in [0.05, 0.1) is 12.2 Å². The summed E-state index contributed by atoms with van der Waals surface area (Å²) in [6, 6.07) is 5.01. The van der Waals surface area contributed by atoms with Gasteiger partial charge in [0.25, 0.3) is 0 Å². The molecule has 0 radical (unpaired) electrons. The van der Waals surface area contributed by atoms with Crippen molar-refractivity contribution in [2.75, 3.05) is 12.3 Å². The van der Waals surface area contributed by atoms with Crippen LogP contribution in [-0.4, -0.2) is 32.8 Å². The number of rotatable bonds is 4. The van der Waals surface area contributed by atoms with Crippen molar-refractivity contribution in [2.45, 2.75) is 17.0 Å². The van der Waals surface area contributed by atoms with E-state index in [1.165, 1.54) is 11.8 Å². The Morgan fingerprint density at radius 1 is 1.53 bits per heavy atom. The molecule has 1 aromatic carbocycles. The van der Waals surface area contributed by atoms with Crippen LogP contribution in [0, 0.1) is 0 Å². The van der Waals surface area contributed by atoms with Crippen molar-refractivity contribution in [3.05, 3.63) is 23.8 Å². The Labute approximate surface area is 114 Å². The highest BCUT2D eigenvalue weighted by Crippen LogP contribution is 2.30. The zero-order valence-electron chi connectivity index (χ0n) is 10.5. The summed E-state index contributed by atoms with van der Waals surface area (Å²) in [6.45, 7) is 2.09. The fourth-order valence-electron chi connectivity index (χ4n) is 1.39. The van der Waals surface area contributed by atoms with Crippen LogP contribution in [0.2, 0.25) is 0 Å². The Hall–Kier alpha value is -2.09. The molecule has 0 saturated heterocycles. The number of aryl methyl sites for hydroxylation is 1. The van der Waals surface area contributed by atoms with E-state index in [0.29, 0.717) is 23.0 Å². The minimum absolute atomic E-state index is 0.333. The molecule has 0 aliphatic heterocycles. The molecule has 0 atom stereocenters. The van der Waals surface area contributed by atoms with Gasteiger partial charge in [0.15, 0.2) is 0 Å². The van der Waals surface area contributed by atoms with Gasteiger partial charge in [-0.25, -0.2) is 9.48 Å². The number of hydrogen-bond acceptors (Lipinski definition) is 7. The molecule has 0 unspecified atom stereocenters. The van der Waals surface area contributed by atoms with E-state index in [-0.39, 0.29) is 5.97 Å². The van der Waals surface area contributed by atoms with E-state index in [2.05, 4.69) is 15.5 Å². The third kappa shape index (κ3) is 3.02. The molecule has 1 heterocycles. The molecule has 0 saturated carbocycles. The minimum Gasteiger partial charge on any atom is -0.462 e. The second-order valence-electron chi connectivity index (χ2n) is 3.66. The highest BCUT2D eigenvalue weighted by Gasteiger charge is 2.11. The third-order valence-corrected chi connectivity index (χ3v) is 3.42. The second-order valence-corrected chi connectivity index (χ2v) is 4.67. The molecule has 2 N–H and O–H groups in total. The van der Waals surface area contributed by atoms with Gasteiger partial charge in [0.1, 0.15) is 0 Å². The number of tetrazole rings is 1. The lowest BCUT2D eigenvalue weighted by Crippen LogP contribution is -2.05. The number of aromatic nitrogens is 4. The summed E-state index contributed by atoms with van der Waals surface area (Å²) in [6.07, 6.45) is 0. The Bertz CT molecular complexity index is 599. The number of nitrogens with zero attached hydrogens (tertiary/aromatic N) is 4. The highest BCUT2D eigenvalue weighted by atomic mass is 32.2. The Morgan fingerprint density at radius 2 is 2.32 bits per heavy atom. The SMILES string of the molecule is CCOC(=O)c1ccc(Sc2nnnn2C)c(N)c1. The molecule has 0 amide bonds. The average molecular weight is 279 g/mol. The zero-order valence-corrected chi connectivity index (χ0v) is 11.3. The lowest BCUT2D eigenvalue weighted by Gasteiger charge is -2.06. The maximum atomic E-state index is 11.6. The standard InChI is InChI=1S/C11H13N5O2S/c1-3-18-10(17)7-4-5-9(8(12)6-7)19-11-13-14-15-16(11)2/h4-6H,3,12H2,1-2H3. The molecule has 0 aliphatic carbocycles. The van der Waals surface area contributed by atoms with Gasteiger partial charge >= 0.3 is 5.97 Å². The minimum atomic E-state index is -0.383. The molecule has 100 valence electrons. The van der Waals surface area contributed by atoms with Crippen LogP contribution in [0.3, 0.4) is 0 Å². The normalized spacial score (nSPS) is 10.4. The van der Waals surface area contributed by atoms with Crippen molar-refractivity contribution in [3.8, 4) is 0 Å². The lowest BCUT2D eigenvalue weighted by atomic mass is 10.2. The number of carbonyl (C=O) groups excluding carboxylic acids is 1. The summed E-state index contributed by atoms with van der Waals surface area (Å²) in [5.74, 6) is -0.383. The summed E-state index contributed by atoms with van der Waals surface area (Å²) in [5.41, 5.74) is 6.83. The van der Waals surface area contributed by atoms with Gasteiger partial charge in [0, 0.05) is 17.6 Å². The van der Waals surface area contributed by atoms with Crippen molar-refractivity contribution in [2.24, 2.45) is 7.05 Å². The van der Waals surface area contributed by atoms with E-state index in [4.69, 9.17) is 10.5 Å². The van der Waals surface area contributed by atoms with Crippen LogP contribution in [-0.2, 0) is 11.8 Å². The van der Waals surface area contributed by atoms with Crippen molar-refractivity contribution in [1.82, 2.24) is 20.2 Å². The monoisotopic (exact) mass is 279 g/mol. The zero-order chi connectivity index (χ0) is 13.8. The first-order valence-electron chi connectivity index (χ1n) is 5.58. The highest BCUT2D eigenvalue weighted by molar-refractivity contribution is 7.99. The van der Waals surface area contributed by atoms with Crippen LogP contribution >= 0.6 is 11.8 Å². The summed E-state index contributed by atoms with van der Waals surface area (Å²) in [4.78, 5) is 12.3. The van der Waals surface area contributed by atoms with E-state index < -0.39 is 0 Å². The number of nitrogens with two attached hydrogens (primary N) is 1. The topological polar surface area (TPSA) is 95.9 Å². The molecular weight excluding hydrogens is 266 g/mol. The summed E-state index contributed by atoms with van der Waals surface area (Å²) < 4.78 is 6.46. The van der Waals surface area contributed by atoms with Gasteiger partial charge in [0.2, 0.25) is 5.16 Å². The predicted octanol–water partition coefficient (Wildman–Crippen LogP) is 1.12. The number of hydrogen-bond donors (Lipinski definition) is 1. The summed E-state index contributed by atoms with van der Waals surface area (Å²) in [5, 5.41) is 11.8. The number of nitrogen functional groups attached to an aromatic ring is 1. The number of carbonyl (C=O) groups is 1. The van der Waals surface area contributed by atoms with Gasteiger partial charge < -0.3 is 10.5 Å². The Morgan fingerprint density at radius 3 is 2.89 bits per heavy atom. The molecular formula is C11H13N5O2S. The van der Waals surface area contributed by atoms with E-state index in [1.54, 1.807) is 36.9 Å². The first-order chi connectivity index (χ1) is 9.11. The molecule has 19 heavy (non-hydrogen) atoms. The molecule has 0 spiro atoms. The Balaban J connectivity index is 2.20. The average Bonchev–Trinajstić information content (AvgIpc) is 2.78. The maximum absolute atomic E-state index is 11.6. The first kappa shape index (κ1) is 13.3. The summed E-state index contributed by atoms with van der Waals surface area (Å²) in [7, 11) is 1.74. The fraction of sp³-hybridized carbons (Fsp3) is 0.273. The maximum Gasteiger partial charge on any atom is 0.338 e. The first-order valence-corrected chi connectivity index (χ1v) is 6.40. The lowest BCUT2D eigenvalue weighted by molar-refractivity contribution is 0.0526. The van der Waals surface area contributed by atoms with Gasteiger partial charge in [-0.1, -0.05) is 0 Å². The largest absolute Gasteiger partial charge is 0.462 e. The molecule has 7 nitrogen and oxygen atoms in total. The number of ether oxygens (including phenoxy) is 1. The number of esters is 1. The van der Waals surface area contributed by atoms with E-state index in [1.807, 2.05) is 0 Å². The van der Waals surface area contributed by atoms with Crippen LogP contribution in [0.5, 0.6) is 0 Å². The number of anilines is 1. The quantitative estimate of drug-likeness (QED) is 0.661. The van der Waals surface area contributed by atoms with Crippen molar-refractivity contribution in [3.63, 3.8) is 0 Å². The van der Waals surface area contributed by atoms with Crippen LogP contribution in [0.25, 0.3) is 0 Å².